The van der Waals surface area contributed by atoms with Gasteiger partial charge in [0.25, 0.3) is 0 Å². The monoisotopic (exact) mass is 355 g/mol. The molecule has 1 N–H and O–H groups in total. The average molecular weight is 355 g/mol. The summed E-state index contributed by atoms with van der Waals surface area (Å²) in [5.41, 5.74) is -1.97. The van der Waals surface area contributed by atoms with Gasteiger partial charge < -0.3 is 19.5 Å². The van der Waals surface area contributed by atoms with Gasteiger partial charge in [-0.2, -0.15) is 0 Å². The van der Waals surface area contributed by atoms with Crippen molar-refractivity contribution in [3.8, 4) is 0 Å². The fraction of sp³-hybridized carbons (Fsp3) is 0.647. The Bertz CT molecular complexity index is 523. The van der Waals surface area contributed by atoms with Gasteiger partial charge >= 0.3 is 17.9 Å². The molecule has 1 aliphatic heterocycles. The molecule has 140 valence electrons. The third-order valence-corrected chi connectivity index (χ3v) is 3.85. The van der Waals surface area contributed by atoms with E-state index in [0.717, 1.165) is 0 Å². The molecule has 25 heavy (non-hydrogen) atoms. The van der Waals surface area contributed by atoms with Crippen LogP contribution in [0.4, 0.5) is 0 Å². The summed E-state index contributed by atoms with van der Waals surface area (Å²) < 4.78 is 14.7. The van der Waals surface area contributed by atoms with Gasteiger partial charge in [0.15, 0.2) is 0 Å². The summed E-state index contributed by atoms with van der Waals surface area (Å²) >= 11 is 0. The first kappa shape index (κ1) is 20.7. The number of rotatable bonds is 5. The number of carbonyl (C=O) groups is 4. The maximum absolute atomic E-state index is 12.6. The Hall–Kier alpha value is -2.38. The Morgan fingerprint density at radius 2 is 1.76 bits per heavy atom. The van der Waals surface area contributed by atoms with E-state index >= 15 is 0 Å². The highest BCUT2D eigenvalue weighted by Crippen LogP contribution is 2.23. The van der Waals surface area contributed by atoms with E-state index in [1.54, 1.807) is 26.0 Å². The van der Waals surface area contributed by atoms with Crippen LogP contribution in [0.25, 0.3) is 0 Å². The molecule has 0 aromatic heterocycles. The molecule has 0 aromatic carbocycles. The van der Waals surface area contributed by atoms with E-state index in [2.05, 4.69) is 10.1 Å². The number of carbonyl (C=O) groups excluding carboxylic acids is 4. The van der Waals surface area contributed by atoms with Crippen LogP contribution in [-0.4, -0.2) is 49.7 Å². The van der Waals surface area contributed by atoms with Crippen LogP contribution in [0.5, 0.6) is 0 Å². The van der Waals surface area contributed by atoms with Crippen molar-refractivity contribution in [3.05, 3.63) is 12.2 Å². The van der Waals surface area contributed by atoms with E-state index in [1.165, 1.54) is 7.11 Å². The van der Waals surface area contributed by atoms with Crippen LogP contribution in [0.3, 0.4) is 0 Å². The van der Waals surface area contributed by atoms with Gasteiger partial charge in [-0.1, -0.05) is 12.2 Å². The zero-order valence-electron chi connectivity index (χ0n) is 14.8. The summed E-state index contributed by atoms with van der Waals surface area (Å²) in [6.45, 7) is 3.27. The first-order valence-electron chi connectivity index (χ1n) is 8.32. The fourth-order valence-electron chi connectivity index (χ4n) is 2.55. The van der Waals surface area contributed by atoms with E-state index in [1.807, 2.05) is 0 Å². The van der Waals surface area contributed by atoms with Crippen molar-refractivity contribution in [2.45, 2.75) is 45.1 Å². The van der Waals surface area contributed by atoms with Gasteiger partial charge in [0.05, 0.1) is 20.3 Å². The Labute approximate surface area is 146 Å². The lowest BCUT2D eigenvalue weighted by molar-refractivity contribution is -0.170. The molecule has 0 spiro atoms. The fourth-order valence-corrected chi connectivity index (χ4v) is 2.55. The lowest BCUT2D eigenvalue weighted by atomic mass is 9.89. The number of hydrogen-bond donors (Lipinski definition) is 1. The van der Waals surface area contributed by atoms with Gasteiger partial charge in [-0.25, -0.2) is 9.59 Å². The molecule has 1 rings (SSSR count). The second kappa shape index (κ2) is 9.80. The van der Waals surface area contributed by atoms with Crippen molar-refractivity contribution in [1.29, 1.82) is 0 Å². The molecule has 1 aliphatic rings. The minimum Gasteiger partial charge on any atom is -0.468 e. The summed E-state index contributed by atoms with van der Waals surface area (Å²) in [4.78, 5) is 49.5. The van der Waals surface area contributed by atoms with Gasteiger partial charge in [0.1, 0.15) is 5.92 Å². The number of methoxy groups -OCH3 is 1. The highest BCUT2D eigenvalue weighted by Gasteiger charge is 2.51. The molecule has 1 heterocycles. The zero-order valence-corrected chi connectivity index (χ0v) is 14.8. The molecular weight excluding hydrogens is 330 g/mol. The number of ether oxygens (including phenoxy) is 3. The van der Waals surface area contributed by atoms with E-state index in [0.29, 0.717) is 12.8 Å². The molecule has 1 unspecified atom stereocenters. The average Bonchev–Trinajstić information content (AvgIpc) is 2.59. The van der Waals surface area contributed by atoms with Crippen molar-refractivity contribution in [1.82, 2.24) is 5.32 Å². The van der Waals surface area contributed by atoms with Crippen molar-refractivity contribution < 1.29 is 33.4 Å². The SMILES string of the molecule is CCOC(=O)C1(C(=O)OCC)CCC/C=C/CC(C(=O)OC)C(=O)N1. The van der Waals surface area contributed by atoms with Crippen LogP contribution in [0.1, 0.15) is 39.5 Å². The molecule has 0 radical (unpaired) electrons. The van der Waals surface area contributed by atoms with Gasteiger partial charge in [-0.15, -0.1) is 0 Å². The van der Waals surface area contributed by atoms with Gasteiger partial charge in [0, 0.05) is 0 Å². The number of amides is 1. The molecular formula is C17H25NO7. The Morgan fingerprint density at radius 1 is 1.16 bits per heavy atom. The molecule has 0 bridgehead atoms. The van der Waals surface area contributed by atoms with E-state index in [-0.39, 0.29) is 26.1 Å². The summed E-state index contributed by atoms with van der Waals surface area (Å²) in [6.07, 6.45) is 4.66. The van der Waals surface area contributed by atoms with E-state index in [9.17, 15) is 19.2 Å². The maximum Gasteiger partial charge on any atom is 0.343 e. The molecule has 8 nitrogen and oxygen atoms in total. The molecule has 0 aliphatic carbocycles. The Balaban J connectivity index is 3.28. The number of esters is 3. The number of nitrogens with one attached hydrogen (secondary N) is 1. The van der Waals surface area contributed by atoms with Crippen LogP contribution in [0.2, 0.25) is 0 Å². The van der Waals surface area contributed by atoms with Crippen LogP contribution in [0, 0.1) is 5.92 Å². The highest BCUT2D eigenvalue weighted by molar-refractivity contribution is 6.10. The molecule has 1 atom stereocenters. The van der Waals surface area contributed by atoms with E-state index < -0.39 is 35.3 Å². The summed E-state index contributed by atoms with van der Waals surface area (Å²) in [6, 6.07) is 0. The van der Waals surface area contributed by atoms with Crippen molar-refractivity contribution in [2.24, 2.45) is 5.92 Å². The second-order valence-corrected chi connectivity index (χ2v) is 5.51. The maximum atomic E-state index is 12.6. The summed E-state index contributed by atoms with van der Waals surface area (Å²) in [5.74, 6) is -4.48. The zero-order chi connectivity index (χ0) is 18.9. The smallest absolute Gasteiger partial charge is 0.343 e. The number of hydrogen-bond acceptors (Lipinski definition) is 7. The van der Waals surface area contributed by atoms with Crippen molar-refractivity contribution >= 4 is 23.8 Å². The predicted octanol–water partition coefficient (Wildman–Crippen LogP) is 0.887. The first-order chi connectivity index (χ1) is 11.9. The standard InChI is InChI=1S/C17H25NO7/c1-4-24-15(21)17(16(22)25-5-2)11-9-7-6-8-10-12(13(19)18-17)14(20)23-3/h6,8,12H,4-5,7,9-11H2,1-3H3,(H,18,19)/b8-6+. The van der Waals surface area contributed by atoms with Crippen molar-refractivity contribution in [2.75, 3.05) is 20.3 Å². The molecule has 1 amide bonds. The quantitative estimate of drug-likeness (QED) is 0.338. The molecule has 0 fully saturated rings. The lowest BCUT2D eigenvalue weighted by Crippen LogP contribution is -2.63. The third-order valence-electron chi connectivity index (χ3n) is 3.85. The topological polar surface area (TPSA) is 108 Å². The minimum absolute atomic E-state index is 0.00857. The van der Waals surface area contributed by atoms with Gasteiger partial charge in [-0.05, 0) is 39.5 Å². The second-order valence-electron chi connectivity index (χ2n) is 5.51. The highest BCUT2D eigenvalue weighted by atomic mass is 16.6. The van der Waals surface area contributed by atoms with Crippen molar-refractivity contribution in [3.63, 3.8) is 0 Å². The van der Waals surface area contributed by atoms with Crippen LogP contribution in [0.15, 0.2) is 12.2 Å². The Morgan fingerprint density at radius 3 is 2.28 bits per heavy atom. The van der Waals surface area contributed by atoms with Crippen LogP contribution in [-0.2, 0) is 33.4 Å². The largest absolute Gasteiger partial charge is 0.468 e. The first-order valence-corrected chi connectivity index (χ1v) is 8.32. The normalized spacial score (nSPS) is 21.4. The lowest BCUT2D eigenvalue weighted by Gasteiger charge is -2.31. The molecule has 0 saturated carbocycles. The third kappa shape index (κ3) is 5.04. The van der Waals surface area contributed by atoms with Crippen LogP contribution < -0.4 is 5.32 Å². The number of allylic oxidation sites excluding steroid dienone is 2. The molecule has 0 saturated heterocycles. The predicted molar refractivity (Wildman–Crippen MR) is 87.3 cm³/mol. The Kier molecular flexibility index (Phi) is 8.10. The van der Waals surface area contributed by atoms with E-state index in [4.69, 9.17) is 9.47 Å². The summed E-state index contributed by atoms with van der Waals surface area (Å²) in [5, 5.41) is 2.41. The minimum atomic E-state index is -1.97. The van der Waals surface area contributed by atoms with Gasteiger partial charge in [-0.3, -0.25) is 9.59 Å². The van der Waals surface area contributed by atoms with Crippen LogP contribution >= 0.6 is 0 Å². The molecule has 0 aromatic rings. The summed E-state index contributed by atoms with van der Waals surface area (Å²) in [7, 11) is 1.17. The van der Waals surface area contributed by atoms with Gasteiger partial charge in [0.2, 0.25) is 11.4 Å². The molecule has 8 heteroatoms.